The van der Waals surface area contributed by atoms with Crippen LogP contribution in [-0.4, -0.2) is 0 Å². The minimum atomic E-state index is -2.68. The third-order valence-corrected chi connectivity index (χ3v) is 16.1. The summed E-state index contributed by atoms with van der Waals surface area (Å²) in [6.45, 7) is 0. The van der Waals surface area contributed by atoms with E-state index < -0.39 is 14.5 Å². The van der Waals surface area contributed by atoms with Crippen molar-refractivity contribution in [3.05, 3.63) is 182 Å². The Labute approximate surface area is 262 Å². The van der Waals surface area contributed by atoms with Crippen LogP contribution in [0.4, 0.5) is 0 Å². The van der Waals surface area contributed by atoms with Gasteiger partial charge in [-0.3, -0.25) is 0 Å². The van der Waals surface area contributed by atoms with E-state index in [0.717, 1.165) is 0 Å². The molecular weight excluding hydrogens is 566 g/mol. The van der Waals surface area contributed by atoms with Gasteiger partial charge in [0.2, 0.25) is 0 Å². The maximum atomic E-state index is 3.73. The first-order chi connectivity index (χ1) is 21.8. The van der Waals surface area contributed by atoms with E-state index in [1.807, 2.05) is 0 Å². The van der Waals surface area contributed by atoms with Gasteiger partial charge in [-0.05, 0) is 0 Å². The molecule has 0 spiro atoms. The van der Waals surface area contributed by atoms with Crippen molar-refractivity contribution < 1.29 is 0 Å². The van der Waals surface area contributed by atoms with Gasteiger partial charge in [0, 0.05) is 0 Å². The zero-order valence-corrected chi connectivity index (χ0v) is 26.3. The summed E-state index contributed by atoms with van der Waals surface area (Å²) in [5.41, 5.74) is 7.47. The average molecular weight is 599 g/mol. The fraction of sp³-hybridized carbons (Fsp3) is 0. The average Bonchev–Trinajstić information content (AvgIpc) is 3.12. The zero-order chi connectivity index (χ0) is 29.9. The summed E-state index contributed by atoms with van der Waals surface area (Å²) in [5.74, 6) is 12.9. The van der Waals surface area contributed by atoms with Gasteiger partial charge < -0.3 is 0 Å². The Morgan fingerprint density at radius 1 is 0.227 bits per heavy atom. The van der Waals surface area contributed by atoms with Crippen molar-refractivity contribution in [2.45, 2.75) is 0 Å². The van der Waals surface area contributed by atoms with Crippen LogP contribution in [0, 0.1) is 35.0 Å². The topological polar surface area (TPSA) is 0 Å². The van der Waals surface area contributed by atoms with E-state index in [4.69, 9.17) is 0 Å². The predicted octanol–water partition coefficient (Wildman–Crippen LogP) is 6.36. The SMILES string of the molecule is C(#CC#C[PH](c1ccccc1)(c1ccccc1)c1ccccc1)C#C[PH](c1ccccc1)(c1ccccc1)c1ccccc1. The molecule has 44 heavy (non-hydrogen) atoms. The molecule has 0 fully saturated rings. The Balaban J connectivity index is 1.50. The summed E-state index contributed by atoms with van der Waals surface area (Å²) < 4.78 is 0. The molecule has 0 N–H and O–H groups in total. The molecule has 0 saturated heterocycles. The van der Waals surface area contributed by atoms with E-state index in [2.05, 4.69) is 217 Å². The first kappa shape index (κ1) is 29.0. The third kappa shape index (κ3) is 5.87. The molecule has 0 radical (unpaired) electrons. The van der Waals surface area contributed by atoms with Gasteiger partial charge in [-0.2, -0.15) is 0 Å². The molecule has 0 nitrogen and oxygen atoms in total. The summed E-state index contributed by atoms with van der Waals surface area (Å²) in [4.78, 5) is 0. The van der Waals surface area contributed by atoms with E-state index >= 15 is 0 Å². The first-order valence-corrected chi connectivity index (χ1v) is 18.7. The van der Waals surface area contributed by atoms with E-state index in [1.54, 1.807) is 0 Å². The molecule has 0 saturated carbocycles. The van der Waals surface area contributed by atoms with Crippen molar-refractivity contribution in [1.29, 1.82) is 0 Å². The van der Waals surface area contributed by atoms with Gasteiger partial charge in [0.1, 0.15) is 0 Å². The Hall–Kier alpha value is -5.14. The van der Waals surface area contributed by atoms with Crippen molar-refractivity contribution in [3.8, 4) is 35.0 Å². The Bertz CT molecular complexity index is 1650. The number of hydrogen-bond acceptors (Lipinski definition) is 0. The van der Waals surface area contributed by atoms with Gasteiger partial charge in [0.15, 0.2) is 0 Å². The normalized spacial score (nSPS) is 11.4. The van der Waals surface area contributed by atoms with E-state index in [0.29, 0.717) is 0 Å². The second kappa shape index (κ2) is 13.9. The van der Waals surface area contributed by atoms with Gasteiger partial charge in [-0.25, -0.2) is 0 Å². The number of hydrogen-bond donors (Lipinski definition) is 0. The van der Waals surface area contributed by atoms with Crippen molar-refractivity contribution in [3.63, 3.8) is 0 Å². The number of benzene rings is 6. The molecule has 2 heteroatoms. The second-order valence-electron chi connectivity index (χ2n) is 10.4. The van der Waals surface area contributed by atoms with Gasteiger partial charge in [-0.15, -0.1) is 0 Å². The van der Waals surface area contributed by atoms with Crippen LogP contribution in [0.5, 0.6) is 0 Å². The molecule has 0 bridgehead atoms. The van der Waals surface area contributed by atoms with Crippen LogP contribution in [0.25, 0.3) is 0 Å². The van der Waals surface area contributed by atoms with Crippen molar-refractivity contribution in [2.24, 2.45) is 0 Å². The van der Waals surface area contributed by atoms with Gasteiger partial charge >= 0.3 is 263 Å². The molecule has 0 aromatic heterocycles. The predicted molar refractivity (Wildman–Crippen MR) is 196 cm³/mol. The van der Waals surface area contributed by atoms with E-state index in [9.17, 15) is 0 Å². The van der Waals surface area contributed by atoms with Crippen LogP contribution in [-0.2, 0) is 0 Å². The summed E-state index contributed by atoms with van der Waals surface area (Å²) in [5, 5.41) is 7.42. The van der Waals surface area contributed by atoms with Gasteiger partial charge in [-0.1, -0.05) is 0 Å². The van der Waals surface area contributed by atoms with Crippen LogP contribution in [0.2, 0.25) is 0 Å². The van der Waals surface area contributed by atoms with Gasteiger partial charge in [0.05, 0.1) is 0 Å². The molecule has 6 rings (SSSR count). The fourth-order valence-corrected chi connectivity index (χ4v) is 13.4. The first-order valence-electron chi connectivity index (χ1n) is 14.7. The van der Waals surface area contributed by atoms with Crippen LogP contribution in [0.1, 0.15) is 0 Å². The molecular formula is C42H32P2. The molecule has 0 aliphatic rings. The van der Waals surface area contributed by atoms with Crippen LogP contribution in [0.3, 0.4) is 0 Å². The van der Waals surface area contributed by atoms with Crippen molar-refractivity contribution >= 4 is 46.4 Å². The zero-order valence-electron chi connectivity index (χ0n) is 24.3. The summed E-state index contributed by atoms with van der Waals surface area (Å²) in [7, 11) is -5.36. The van der Waals surface area contributed by atoms with Crippen LogP contribution in [0.15, 0.2) is 182 Å². The molecule has 0 amide bonds. The second-order valence-corrected chi connectivity index (χ2v) is 17.4. The number of rotatable bonds is 6. The maximum absolute atomic E-state index is 3.73. The van der Waals surface area contributed by atoms with Crippen LogP contribution >= 0.6 is 14.5 Å². The summed E-state index contributed by atoms with van der Waals surface area (Å²) in [6, 6.07) is 64.0. The Kier molecular flexibility index (Phi) is 9.14. The molecule has 0 atom stereocenters. The van der Waals surface area contributed by atoms with Crippen LogP contribution < -0.4 is 31.8 Å². The van der Waals surface area contributed by atoms with Gasteiger partial charge in [0.25, 0.3) is 0 Å². The molecule has 0 aliphatic heterocycles. The molecule has 6 aromatic rings. The summed E-state index contributed by atoms with van der Waals surface area (Å²) >= 11 is 0. The molecule has 0 heterocycles. The van der Waals surface area contributed by atoms with E-state index in [-0.39, 0.29) is 0 Å². The standard InChI is InChI=1S/C42H32P2/c1(21-35-43(37-23-9-3-10-24-37,38-25-11-4-12-26-38)39-27-13-5-14-28-39)2-22-36-44(40-29-15-6-16-30-40,41-31-17-7-18-32-41)42-33-19-8-20-34-42/h3-20,23-34,43-44H. The Morgan fingerprint density at radius 2 is 0.409 bits per heavy atom. The fourth-order valence-electron chi connectivity index (χ4n) is 5.87. The van der Waals surface area contributed by atoms with Crippen molar-refractivity contribution in [2.75, 3.05) is 0 Å². The molecule has 0 unspecified atom stereocenters. The molecule has 0 aliphatic carbocycles. The third-order valence-electron chi connectivity index (χ3n) is 7.93. The Morgan fingerprint density at radius 3 is 0.591 bits per heavy atom. The molecule has 210 valence electrons. The van der Waals surface area contributed by atoms with Crippen molar-refractivity contribution in [1.82, 2.24) is 0 Å². The minimum absolute atomic E-state index is 1.24. The quantitative estimate of drug-likeness (QED) is 0.155. The monoisotopic (exact) mass is 598 g/mol. The van der Waals surface area contributed by atoms with E-state index in [1.165, 1.54) is 31.8 Å². The summed E-state index contributed by atoms with van der Waals surface area (Å²) in [6.07, 6.45) is 0. The molecule has 6 aromatic carbocycles.